The molecule has 0 saturated heterocycles. The summed E-state index contributed by atoms with van der Waals surface area (Å²) in [6, 6.07) is 12.5. The quantitative estimate of drug-likeness (QED) is 0.0614. The fraction of sp³-hybridized carbons (Fsp3) is 0.556. The van der Waals surface area contributed by atoms with Crippen LogP contribution < -0.4 is 15.0 Å². The molecule has 0 bridgehead atoms. The van der Waals surface area contributed by atoms with Gasteiger partial charge in [-0.05, 0) is 111 Å². The maximum atomic E-state index is 14.3. The molecule has 1 aliphatic rings. The molecule has 2 aromatic carbocycles. The van der Waals surface area contributed by atoms with Gasteiger partial charge in [-0.25, -0.2) is 19.1 Å². The second kappa shape index (κ2) is 18.6. The summed E-state index contributed by atoms with van der Waals surface area (Å²) in [7, 11) is 0. The summed E-state index contributed by atoms with van der Waals surface area (Å²) >= 11 is 0. The number of rotatable bonds is 17. The average Bonchev–Trinajstić information content (AvgIpc) is 3.68. The SMILES string of the molecule is [C-]#[N+]c1c(C(=O)OC2C(C)CC(C)CC2C)c2nc(-c3cc(OCCCCCCCC)ccc3C)nn2/c1=C/c1ccc(N(CC)CCCC)cc1C. The van der Waals surface area contributed by atoms with Gasteiger partial charge in [0.05, 0.1) is 18.5 Å². The summed E-state index contributed by atoms with van der Waals surface area (Å²) in [5.41, 5.74) is 5.79. The molecule has 1 aliphatic carbocycles. The van der Waals surface area contributed by atoms with Crippen molar-refractivity contribution in [2.75, 3.05) is 24.6 Å². The van der Waals surface area contributed by atoms with Gasteiger partial charge in [0, 0.05) is 24.3 Å². The summed E-state index contributed by atoms with van der Waals surface area (Å²) in [5.74, 6) is 1.78. The maximum absolute atomic E-state index is 14.3. The standard InChI is InChI=1S/C45H61N5O3/c1-10-13-15-16-17-18-24-52-37-22-19-31(5)38(29-37)43-47-44-40(45(51)53-42-33(7)25-30(4)26-34(42)8)41(46-9)39(50(44)48-43)28-35-20-21-36(27-32(35)6)49(12-3)23-14-11-2/h19-22,27-30,33-34,42H,10-18,23-26H2,1-8H3/b39-28+. The van der Waals surface area contributed by atoms with Crippen molar-refractivity contribution in [3.05, 3.63) is 75.4 Å². The zero-order valence-electron chi connectivity index (χ0n) is 33.5. The second-order valence-electron chi connectivity index (χ2n) is 15.5. The van der Waals surface area contributed by atoms with E-state index in [9.17, 15) is 4.79 Å². The lowest BCUT2D eigenvalue weighted by molar-refractivity contribution is -0.0249. The summed E-state index contributed by atoms with van der Waals surface area (Å²) in [5, 5.41) is 5.53. The summed E-state index contributed by atoms with van der Waals surface area (Å²) in [6.07, 6.45) is 13.2. The molecule has 8 heteroatoms. The van der Waals surface area contributed by atoms with Crippen LogP contribution in [0.5, 0.6) is 5.75 Å². The van der Waals surface area contributed by atoms with Crippen LogP contribution in [0, 0.1) is 38.2 Å². The van der Waals surface area contributed by atoms with Crippen LogP contribution in [0.1, 0.15) is 133 Å². The molecule has 2 aromatic heterocycles. The number of anilines is 1. The average molecular weight is 720 g/mol. The topological polar surface area (TPSA) is 73.3 Å². The molecule has 2 atom stereocenters. The number of nitrogens with zero attached hydrogens (tertiary/aromatic N) is 5. The third-order valence-electron chi connectivity index (χ3n) is 11.1. The third-order valence-corrected chi connectivity index (χ3v) is 11.1. The monoisotopic (exact) mass is 719 g/mol. The van der Waals surface area contributed by atoms with E-state index >= 15 is 0 Å². The molecule has 0 spiro atoms. The number of benzene rings is 2. The summed E-state index contributed by atoms with van der Waals surface area (Å²) in [4.78, 5) is 25.6. The van der Waals surface area contributed by atoms with Crippen LogP contribution in [0.25, 0.3) is 28.0 Å². The second-order valence-corrected chi connectivity index (χ2v) is 15.5. The van der Waals surface area contributed by atoms with Crippen molar-refractivity contribution in [2.24, 2.45) is 17.8 Å². The molecule has 1 saturated carbocycles. The largest absolute Gasteiger partial charge is 0.494 e. The van der Waals surface area contributed by atoms with Crippen molar-refractivity contribution < 1.29 is 14.3 Å². The van der Waals surface area contributed by atoms with Gasteiger partial charge in [0.2, 0.25) is 5.69 Å². The highest BCUT2D eigenvalue weighted by molar-refractivity contribution is 6.03. The smallest absolute Gasteiger partial charge is 0.331 e. The van der Waals surface area contributed by atoms with Crippen molar-refractivity contribution >= 4 is 29.1 Å². The van der Waals surface area contributed by atoms with E-state index in [1.165, 1.54) is 31.4 Å². The van der Waals surface area contributed by atoms with Gasteiger partial charge in [-0.2, -0.15) is 0 Å². The molecule has 5 rings (SSSR count). The maximum Gasteiger partial charge on any atom is 0.331 e. The van der Waals surface area contributed by atoms with Gasteiger partial charge in [-0.1, -0.05) is 85.3 Å². The highest BCUT2D eigenvalue weighted by Gasteiger charge is 2.36. The Morgan fingerprint density at radius 3 is 2.34 bits per heavy atom. The molecule has 8 nitrogen and oxygen atoms in total. The number of esters is 1. The van der Waals surface area contributed by atoms with Crippen LogP contribution in [-0.2, 0) is 4.74 Å². The van der Waals surface area contributed by atoms with Gasteiger partial charge in [-0.15, -0.1) is 5.10 Å². The van der Waals surface area contributed by atoms with E-state index in [4.69, 9.17) is 26.1 Å². The van der Waals surface area contributed by atoms with Gasteiger partial charge in [-0.3, -0.25) is 0 Å². The molecule has 0 N–H and O–H groups in total. The van der Waals surface area contributed by atoms with E-state index in [1.54, 1.807) is 4.52 Å². The van der Waals surface area contributed by atoms with Crippen molar-refractivity contribution in [3.8, 4) is 17.1 Å². The molecule has 2 heterocycles. The van der Waals surface area contributed by atoms with Crippen LogP contribution in [0.4, 0.5) is 11.4 Å². The Kier molecular flexibility index (Phi) is 14.0. The number of hydrogen-bond donors (Lipinski definition) is 0. The first-order chi connectivity index (χ1) is 25.6. The Hall–Kier alpha value is -4.38. The highest BCUT2D eigenvalue weighted by atomic mass is 16.5. The molecule has 284 valence electrons. The Balaban J connectivity index is 1.56. The van der Waals surface area contributed by atoms with Gasteiger partial charge in [0.1, 0.15) is 17.4 Å². The first kappa shape index (κ1) is 39.8. The highest BCUT2D eigenvalue weighted by Crippen LogP contribution is 2.37. The van der Waals surface area contributed by atoms with E-state index < -0.39 is 5.97 Å². The number of unbranched alkanes of at least 4 members (excludes halogenated alkanes) is 6. The molecule has 0 aliphatic heterocycles. The number of ether oxygens (including phenoxy) is 2. The lowest BCUT2D eigenvalue weighted by atomic mass is 9.75. The van der Waals surface area contributed by atoms with Gasteiger partial charge >= 0.3 is 5.97 Å². The molecular formula is C45H61N5O3. The lowest BCUT2D eigenvalue weighted by Gasteiger charge is -2.37. The summed E-state index contributed by atoms with van der Waals surface area (Å²) < 4.78 is 14.2. The van der Waals surface area contributed by atoms with Gasteiger partial charge in [0.15, 0.2) is 11.5 Å². The predicted molar refractivity (Wildman–Crippen MR) is 217 cm³/mol. The molecule has 0 radical (unpaired) electrons. The molecule has 53 heavy (non-hydrogen) atoms. The fourth-order valence-electron chi connectivity index (χ4n) is 8.12. The molecule has 0 amide bonds. The number of aromatic nitrogens is 3. The fourth-order valence-corrected chi connectivity index (χ4v) is 8.12. The van der Waals surface area contributed by atoms with Gasteiger partial charge < -0.3 is 14.4 Å². The number of hydrogen-bond acceptors (Lipinski definition) is 6. The van der Waals surface area contributed by atoms with Crippen LogP contribution in [0.2, 0.25) is 0 Å². The minimum atomic E-state index is -0.507. The van der Waals surface area contributed by atoms with Crippen LogP contribution in [-0.4, -0.2) is 46.4 Å². The van der Waals surface area contributed by atoms with Crippen molar-refractivity contribution in [2.45, 2.75) is 126 Å². The first-order valence-electron chi connectivity index (χ1n) is 20.2. The number of carbonyl (C=O) groups is 1. The number of aryl methyl sites for hydroxylation is 2. The van der Waals surface area contributed by atoms with Crippen LogP contribution >= 0.6 is 0 Å². The van der Waals surface area contributed by atoms with Gasteiger partial charge in [0.25, 0.3) is 0 Å². The zero-order chi connectivity index (χ0) is 38.1. The van der Waals surface area contributed by atoms with E-state index in [0.717, 1.165) is 79.6 Å². The van der Waals surface area contributed by atoms with E-state index in [-0.39, 0.29) is 29.2 Å². The van der Waals surface area contributed by atoms with E-state index in [2.05, 4.69) is 76.4 Å². The van der Waals surface area contributed by atoms with Crippen LogP contribution in [0.3, 0.4) is 0 Å². The Morgan fingerprint density at radius 2 is 1.66 bits per heavy atom. The molecule has 1 fully saturated rings. The van der Waals surface area contributed by atoms with E-state index in [0.29, 0.717) is 29.3 Å². The first-order valence-corrected chi connectivity index (χ1v) is 20.2. The molecule has 2 unspecified atom stereocenters. The third kappa shape index (κ3) is 9.41. The number of carbonyl (C=O) groups excluding carboxylic acids is 1. The minimum absolute atomic E-state index is 0.183. The van der Waals surface area contributed by atoms with Crippen LogP contribution in [0.15, 0.2) is 36.4 Å². The Morgan fingerprint density at radius 1 is 0.943 bits per heavy atom. The molecular weight excluding hydrogens is 659 g/mol. The van der Waals surface area contributed by atoms with E-state index in [1.807, 2.05) is 31.2 Å². The lowest BCUT2D eigenvalue weighted by Crippen LogP contribution is -2.37. The zero-order valence-corrected chi connectivity index (χ0v) is 33.5. The minimum Gasteiger partial charge on any atom is -0.494 e. The van der Waals surface area contributed by atoms with Crippen molar-refractivity contribution in [1.29, 1.82) is 0 Å². The molecule has 4 aromatic rings. The summed E-state index contributed by atoms with van der Waals surface area (Å²) in [6.45, 7) is 28.3. The number of fused-ring (bicyclic) bond motifs is 1. The normalized spacial score (nSPS) is 19.0. The Bertz CT molecular complexity index is 1930. The van der Waals surface area contributed by atoms with Crippen molar-refractivity contribution in [3.63, 3.8) is 0 Å². The Labute approximate surface area is 317 Å². The predicted octanol–water partition coefficient (Wildman–Crippen LogP) is 10.7. The van der Waals surface area contributed by atoms with Crippen molar-refractivity contribution in [1.82, 2.24) is 14.6 Å².